The molecular formula is C16H23NO3S. The third kappa shape index (κ3) is 4.56. The Morgan fingerprint density at radius 3 is 2.67 bits per heavy atom. The van der Waals surface area contributed by atoms with E-state index >= 15 is 0 Å². The van der Waals surface area contributed by atoms with Crippen LogP contribution >= 0.6 is 11.3 Å². The number of amides is 1. The number of carboxylic acid groups (broad SMARTS) is 1. The molecule has 0 saturated carbocycles. The van der Waals surface area contributed by atoms with Gasteiger partial charge in [0.05, 0.1) is 11.3 Å². The standard InChI is InChI=1S/C16H23NO3S/c1-2-12(10-15(18)19)17-16(20)14-9-11-7-5-3-4-6-8-13(11)21-14/h9,12H,2-8,10H2,1H3,(H,17,20)(H,18,19). The molecule has 0 aromatic carbocycles. The Bertz CT molecular complexity index is 484. The average Bonchev–Trinajstić information content (AvgIpc) is 2.80. The molecule has 5 heteroatoms. The molecule has 0 fully saturated rings. The van der Waals surface area contributed by atoms with Crippen LogP contribution in [0.5, 0.6) is 0 Å². The number of carbonyl (C=O) groups is 2. The highest BCUT2D eigenvalue weighted by Gasteiger charge is 2.19. The summed E-state index contributed by atoms with van der Waals surface area (Å²) in [4.78, 5) is 25.1. The lowest BCUT2D eigenvalue weighted by atomic mass is 10.00. The molecule has 1 aliphatic rings. The normalized spacial score (nSPS) is 16.4. The van der Waals surface area contributed by atoms with Crippen molar-refractivity contribution >= 4 is 23.2 Å². The van der Waals surface area contributed by atoms with Gasteiger partial charge >= 0.3 is 5.97 Å². The average molecular weight is 309 g/mol. The maximum Gasteiger partial charge on any atom is 0.305 e. The molecule has 0 aliphatic heterocycles. The molecule has 116 valence electrons. The van der Waals surface area contributed by atoms with Crippen LogP contribution in [0, 0.1) is 0 Å². The van der Waals surface area contributed by atoms with Crippen molar-refractivity contribution in [1.29, 1.82) is 0 Å². The van der Waals surface area contributed by atoms with Crippen molar-refractivity contribution in [2.75, 3.05) is 0 Å². The van der Waals surface area contributed by atoms with Crippen LogP contribution < -0.4 is 5.32 Å². The quantitative estimate of drug-likeness (QED) is 0.876. The van der Waals surface area contributed by atoms with E-state index in [1.54, 1.807) is 11.3 Å². The Morgan fingerprint density at radius 2 is 2.00 bits per heavy atom. The van der Waals surface area contributed by atoms with Crippen molar-refractivity contribution in [3.63, 3.8) is 0 Å². The van der Waals surface area contributed by atoms with E-state index in [1.807, 2.05) is 13.0 Å². The molecule has 0 bridgehead atoms. The summed E-state index contributed by atoms with van der Waals surface area (Å²) in [5.41, 5.74) is 1.32. The fraction of sp³-hybridized carbons (Fsp3) is 0.625. The number of nitrogens with one attached hydrogen (secondary N) is 1. The van der Waals surface area contributed by atoms with Crippen LogP contribution in [0.25, 0.3) is 0 Å². The molecular weight excluding hydrogens is 286 g/mol. The van der Waals surface area contributed by atoms with Crippen LogP contribution in [0.2, 0.25) is 0 Å². The lowest BCUT2D eigenvalue weighted by Crippen LogP contribution is -2.35. The first-order valence-electron chi connectivity index (χ1n) is 7.74. The minimum atomic E-state index is -0.874. The first kappa shape index (κ1) is 16.0. The third-order valence-electron chi connectivity index (χ3n) is 3.97. The highest BCUT2D eigenvalue weighted by atomic mass is 32.1. The number of carbonyl (C=O) groups excluding carboxylic acids is 1. The number of carboxylic acids is 1. The first-order chi connectivity index (χ1) is 10.1. The van der Waals surface area contributed by atoms with Gasteiger partial charge in [-0.2, -0.15) is 0 Å². The zero-order valence-electron chi connectivity index (χ0n) is 12.5. The molecule has 2 rings (SSSR count). The molecule has 1 unspecified atom stereocenters. The first-order valence-corrected chi connectivity index (χ1v) is 8.56. The molecule has 1 heterocycles. The van der Waals surface area contributed by atoms with Gasteiger partial charge < -0.3 is 10.4 Å². The van der Waals surface area contributed by atoms with E-state index in [4.69, 9.17) is 5.11 Å². The molecule has 2 N–H and O–H groups in total. The van der Waals surface area contributed by atoms with E-state index in [0.29, 0.717) is 6.42 Å². The van der Waals surface area contributed by atoms with Gasteiger partial charge in [-0.15, -0.1) is 11.3 Å². The van der Waals surface area contributed by atoms with Crippen molar-refractivity contribution in [2.24, 2.45) is 0 Å². The lowest BCUT2D eigenvalue weighted by Gasteiger charge is -2.13. The lowest BCUT2D eigenvalue weighted by molar-refractivity contribution is -0.137. The van der Waals surface area contributed by atoms with E-state index in [2.05, 4.69) is 5.32 Å². The third-order valence-corrected chi connectivity index (χ3v) is 5.21. The molecule has 4 nitrogen and oxygen atoms in total. The van der Waals surface area contributed by atoms with E-state index in [9.17, 15) is 9.59 Å². The molecule has 1 aromatic rings. The molecule has 21 heavy (non-hydrogen) atoms. The number of aliphatic carboxylic acids is 1. The molecule has 1 amide bonds. The maximum absolute atomic E-state index is 12.3. The summed E-state index contributed by atoms with van der Waals surface area (Å²) < 4.78 is 0. The van der Waals surface area contributed by atoms with Crippen LogP contribution in [0.15, 0.2) is 6.07 Å². The predicted octanol–water partition coefficient (Wildman–Crippen LogP) is 3.39. The molecule has 0 saturated heterocycles. The number of rotatable bonds is 5. The van der Waals surface area contributed by atoms with Crippen LogP contribution in [0.3, 0.4) is 0 Å². The minimum absolute atomic E-state index is 0.0205. The molecule has 1 aromatic heterocycles. The largest absolute Gasteiger partial charge is 0.481 e. The van der Waals surface area contributed by atoms with Gasteiger partial charge in [0.1, 0.15) is 0 Å². The van der Waals surface area contributed by atoms with E-state index in [-0.39, 0.29) is 18.4 Å². The van der Waals surface area contributed by atoms with Crippen molar-refractivity contribution in [1.82, 2.24) is 5.32 Å². The second-order valence-corrected chi connectivity index (χ2v) is 6.79. The molecule has 1 aliphatic carbocycles. The van der Waals surface area contributed by atoms with E-state index < -0.39 is 5.97 Å². The number of hydrogen-bond donors (Lipinski definition) is 2. The Hall–Kier alpha value is -1.36. The van der Waals surface area contributed by atoms with E-state index in [1.165, 1.54) is 36.1 Å². The monoisotopic (exact) mass is 309 g/mol. The Labute approximate surface area is 129 Å². The fourth-order valence-corrected chi connectivity index (χ4v) is 3.88. The van der Waals surface area contributed by atoms with Crippen molar-refractivity contribution < 1.29 is 14.7 Å². The van der Waals surface area contributed by atoms with Gasteiger partial charge in [-0.05, 0) is 43.7 Å². The number of fused-ring (bicyclic) bond motifs is 1. The van der Waals surface area contributed by atoms with Gasteiger partial charge in [-0.3, -0.25) is 9.59 Å². The summed E-state index contributed by atoms with van der Waals surface area (Å²) in [6, 6.07) is 1.72. The van der Waals surface area contributed by atoms with Crippen LogP contribution in [0.4, 0.5) is 0 Å². The van der Waals surface area contributed by atoms with Crippen LogP contribution in [-0.4, -0.2) is 23.0 Å². The van der Waals surface area contributed by atoms with Crippen LogP contribution in [-0.2, 0) is 17.6 Å². The topological polar surface area (TPSA) is 66.4 Å². The summed E-state index contributed by atoms with van der Waals surface area (Å²) in [7, 11) is 0. The molecule has 0 spiro atoms. The maximum atomic E-state index is 12.3. The van der Waals surface area contributed by atoms with Crippen molar-refractivity contribution in [3.05, 3.63) is 21.4 Å². The Balaban J connectivity index is 2.05. The minimum Gasteiger partial charge on any atom is -0.481 e. The SMILES string of the molecule is CCC(CC(=O)O)NC(=O)c1cc2c(s1)CCCCCC2. The molecule has 1 atom stereocenters. The number of hydrogen-bond acceptors (Lipinski definition) is 3. The summed E-state index contributed by atoms with van der Waals surface area (Å²) in [6.45, 7) is 1.89. The summed E-state index contributed by atoms with van der Waals surface area (Å²) in [6.07, 6.45) is 7.68. The van der Waals surface area contributed by atoms with Gasteiger partial charge in [0.25, 0.3) is 5.91 Å². The Kier molecular flexibility index (Phi) is 5.79. The highest BCUT2D eigenvalue weighted by molar-refractivity contribution is 7.14. The van der Waals surface area contributed by atoms with Crippen LogP contribution in [0.1, 0.15) is 65.6 Å². The summed E-state index contributed by atoms with van der Waals surface area (Å²) >= 11 is 1.58. The van der Waals surface area contributed by atoms with Gasteiger partial charge in [-0.25, -0.2) is 0 Å². The zero-order valence-corrected chi connectivity index (χ0v) is 13.3. The van der Waals surface area contributed by atoms with E-state index in [0.717, 1.165) is 17.7 Å². The van der Waals surface area contributed by atoms with Crippen molar-refractivity contribution in [3.8, 4) is 0 Å². The highest BCUT2D eigenvalue weighted by Crippen LogP contribution is 2.28. The van der Waals surface area contributed by atoms with Gasteiger partial charge in [0.15, 0.2) is 0 Å². The van der Waals surface area contributed by atoms with Gasteiger partial charge in [-0.1, -0.05) is 19.8 Å². The number of thiophene rings is 1. The summed E-state index contributed by atoms with van der Waals surface area (Å²) in [5, 5.41) is 11.7. The van der Waals surface area contributed by atoms with Crippen molar-refractivity contribution in [2.45, 2.75) is 64.3 Å². The van der Waals surface area contributed by atoms with Gasteiger partial charge in [0, 0.05) is 10.9 Å². The fourth-order valence-electron chi connectivity index (χ4n) is 2.72. The second-order valence-electron chi connectivity index (χ2n) is 5.65. The molecule has 0 radical (unpaired) electrons. The Morgan fingerprint density at radius 1 is 1.29 bits per heavy atom. The zero-order chi connectivity index (χ0) is 15.2. The second kappa shape index (κ2) is 7.59. The smallest absolute Gasteiger partial charge is 0.305 e. The summed E-state index contributed by atoms with van der Waals surface area (Å²) in [5.74, 6) is -1.000. The van der Waals surface area contributed by atoms with Gasteiger partial charge in [0.2, 0.25) is 0 Å². The number of aryl methyl sites for hydroxylation is 2. The predicted molar refractivity (Wildman–Crippen MR) is 84.0 cm³/mol.